The quantitative estimate of drug-likeness (QED) is 0.733. The number of halogens is 2. The number of hydrogen-bond donors (Lipinski definition) is 3. The lowest BCUT2D eigenvalue weighted by atomic mass is 10.2. The standard InChI is InChI=1S/C11H12Cl2N2O3/c12-8-3-7(4-9(13)10(8)16)15-11(17)14-6-1-2-18-5-6/h3-4,6,16H,1-2,5H2,(H2,14,15,17). The molecule has 2 amide bonds. The van der Waals surface area contributed by atoms with Crippen LogP contribution in [0.3, 0.4) is 0 Å². The Morgan fingerprint density at radius 1 is 1.39 bits per heavy atom. The molecule has 1 heterocycles. The Morgan fingerprint density at radius 3 is 2.61 bits per heavy atom. The summed E-state index contributed by atoms with van der Waals surface area (Å²) in [7, 11) is 0. The SMILES string of the molecule is O=C(Nc1cc(Cl)c(O)c(Cl)c1)NC1CCOC1. The summed E-state index contributed by atoms with van der Waals surface area (Å²) >= 11 is 11.5. The molecule has 1 aliphatic rings. The molecule has 1 saturated heterocycles. The maximum atomic E-state index is 11.6. The number of rotatable bonds is 2. The van der Waals surface area contributed by atoms with Gasteiger partial charge in [-0.15, -0.1) is 0 Å². The molecule has 0 spiro atoms. The molecule has 0 radical (unpaired) electrons. The van der Waals surface area contributed by atoms with Gasteiger partial charge in [-0.05, 0) is 18.6 Å². The first-order valence-electron chi connectivity index (χ1n) is 5.39. The number of benzene rings is 1. The molecule has 3 N–H and O–H groups in total. The fourth-order valence-electron chi connectivity index (χ4n) is 1.64. The number of phenolic OH excluding ortho intramolecular Hbond substituents is 1. The van der Waals surface area contributed by atoms with Gasteiger partial charge in [0.15, 0.2) is 5.75 Å². The van der Waals surface area contributed by atoms with Crippen molar-refractivity contribution in [3.63, 3.8) is 0 Å². The van der Waals surface area contributed by atoms with Gasteiger partial charge in [-0.25, -0.2) is 4.79 Å². The highest BCUT2D eigenvalue weighted by atomic mass is 35.5. The molecule has 1 aromatic rings. The van der Waals surface area contributed by atoms with Crippen molar-refractivity contribution < 1.29 is 14.6 Å². The summed E-state index contributed by atoms with van der Waals surface area (Å²) in [5.41, 5.74) is 0.416. The van der Waals surface area contributed by atoms with Crippen molar-refractivity contribution in [1.82, 2.24) is 5.32 Å². The van der Waals surface area contributed by atoms with Crippen LogP contribution in [0.2, 0.25) is 10.0 Å². The van der Waals surface area contributed by atoms with E-state index in [1.54, 1.807) is 0 Å². The van der Waals surface area contributed by atoms with Crippen LogP contribution < -0.4 is 10.6 Å². The van der Waals surface area contributed by atoms with Crippen LogP contribution in [0.1, 0.15) is 6.42 Å². The van der Waals surface area contributed by atoms with E-state index in [0.29, 0.717) is 18.9 Å². The molecule has 7 heteroatoms. The van der Waals surface area contributed by atoms with Crippen LogP contribution in [0.5, 0.6) is 5.75 Å². The van der Waals surface area contributed by atoms with E-state index in [0.717, 1.165) is 6.42 Å². The molecule has 1 fully saturated rings. The second-order valence-electron chi connectivity index (χ2n) is 3.95. The average Bonchev–Trinajstić information content (AvgIpc) is 2.78. The van der Waals surface area contributed by atoms with E-state index in [9.17, 15) is 9.90 Å². The second kappa shape index (κ2) is 5.65. The van der Waals surface area contributed by atoms with Gasteiger partial charge in [-0.3, -0.25) is 0 Å². The fraction of sp³-hybridized carbons (Fsp3) is 0.364. The average molecular weight is 291 g/mol. The normalized spacial score (nSPS) is 18.7. The van der Waals surface area contributed by atoms with Crippen molar-refractivity contribution >= 4 is 34.9 Å². The smallest absolute Gasteiger partial charge is 0.319 e. The number of ether oxygens (including phenoxy) is 1. The predicted octanol–water partition coefficient (Wildman–Crippen LogP) is 2.61. The molecule has 1 atom stereocenters. The highest BCUT2D eigenvalue weighted by Gasteiger charge is 2.18. The Hall–Kier alpha value is -1.17. The molecule has 18 heavy (non-hydrogen) atoms. The molecule has 0 aromatic heterocycles. The minimum atomic E-state index is -0.358. The molecule has 98 valence electrons. The van der Waals surface area contributed by atoms with Crippen molar-refractivity contribution in [3.8, 4) is 5.75 Å². The highest BCUT2D eigenvalue weighted by Crippen LogP contribution is 2.34. The molecule has 0 aliphatic carbocycles. The third-order valence-corrected chi connectivity index (χ3v) is 3.12. The third-order valence-electron chi connectivity index (χ3n) is 2.54. The van der Waals surface area contributed by atoms with Crippen LogP contribution in [-0.2, 0) is 4.74 Å². The van der Waals surface area contributed by atoms with Crippen molar-refractivity contribution in [1.29, 1.82) is 0 Å². The Balaban J connectivity index is 1.98. The Labute approximate surface area is 114 Å². The number of nitrogens with one attached hydrogen (secondary N) is 2. The Morgan fingerprint density at radius 2 is 2.06 bits per heavy atom. The Kier molecular flexibility index (Phi) is 4.16. The predicted molar refractivity (Wildman–Crippen MR) is 69.5 cm³/mol. The minimum Gasteiger partial charge on any atom is -0.505 e. The van der Waals surface area contributed by atoms with Gasteiger partial charge >= 0.3 is 6.03 Å². The van der Waals surface area contributed by atoms with Gasteiger partial charge < -0.3 is 20.5 Å². The molecule has 0 saturated carbocycles. The van der Waals surface area contributed by atoms with Gasteiger partial charge in [0.25, 0.3) is 0 Å². The van der Waals surface area contributed by atoms with E-state index < -0.39 is 0 Å². The van der Waals surface area contributed by atoms with E-state index in [1.165, 1.54) is 12.1 Å². The van der Waals surface area contributed by atoms with Crippen LogP contribution in [0.25, 0.3) is 0 Å². The van der Waals surface area contributed by atoms with Gasteiger partial charge in [-0.2, -0.15) is 0 Å². The lowest BCUT2D eigenvalue weighted by Crippen LogP contribution is -2.38. The summed E-state index contributed by atoms with van der Waals surface area (Å²) in [6.45, 7) is 1.17. The summed E-state index contributed by atoms with van der Waals surface area (Å²) in [6.07, 6.45) is 0.796. The summed E-state index contributed by atoms with van der Waals surface area (Å²) in [5, 5.41) is 14.9. The number of phenols is 1. The largest absolute Gasteiger partial charge is 0.505 e. The molecular formula is C11H12Cl2N2O3. The molecule has 1 unspecified atom stereocenters. The lowest BCUT2D eigenvalue weighted by molar-refractivity contribution is 0.189. The monoisotopic (exact) mass is 290 g/mol. The van der Waals surface area contributed by atoms with Gasteiger partial charge in [0, 0.05) is 12.3 Å². The third kappa shape index (κ3) is 3.19. The van der Waals surface area contributed by atoms with E-state index in [-0.39, 0.29) is 27.9 Å². The highest BCUT2D eigenvalue weighted by molar-refractivity contribution is 6.37. The lowest BCUT2D eigenvalue weighted by Gasteiger charge is -2.12. The zero-order valence-corrected chi connectivity index (χ0v) is 10.9. The molecule has 2 rings (SSSR count). The van der Waals surface area contributed by atoms with Gasteiger partial charge in [-0.1, -0.05) is 23.2 Å². The zero-order valence-electron chi connectivity index (χ0n) is 9.37. The first-order chi connectivity index (χ1) is 8.56. The number of carbonyl (C=O) groups excluding carboxylic acids is 1. The molecule has 0 bridgehead atoms. The summed E-state index contributed by atoms with van der Waals surface area (Å²) in [5.74, 6) is -0.200. The zero-order chi connectivity index (χ0) is 13.1. The summed E-state index contributed by atoms with van der Waals surface area (Å²) < 4.78 is 5.14. The van der Waals surface area contributed by atoms with E-state index in [4.69, 9.17) is 27.9 Å². The minimum absolute atomic E-state index is 0.0214. The van der Waals surface area contributed by atoms with E-state index in [2.05, 4.69) is 10.6 Å². The molecule has 1 aliphatic heterocycles. The van der Waals surface area contributed by atoms with Gasteiger partial charge in [0.1, 0.15) is 0 Å². The van der Waals surface area contributed by atoms with Crippen molar-refractivity contribution in [3.05, 3.63) is 22.2 Å². The van der Waals surface area contributed by atoms with Gasteiger partial charge in [0.05, 0.1) is 22.7 Å². The number of hydrogen-bond acceptors (Lipinski definition) is 3. The van der Waals surface area contributed by atoms with E-state index >= 15 is 0 Å². The number of urea groups is 1. The molecule has 1 aromatic carbocycles. The van der Waals surface area contributed by atoms with Gasteiger partial charge in [0.2, 0.25) is 0 Å². The van der Waals surface area contributed by atoms with Crippen LogP contribution in [0.4, 0.5) is 10.5 Å². The van der Waals surface area contributed by atoms with Crippen molar-refractivity contribution in [2.45, 2.75) is 12.5 Å². The van der Waals surface area contributed by atoms with Crippen molar-refractivity contribution in [2.75, 3.05) is 18.5 Å². The van der Waals surface area contributed by atoms with Crippen LogP contribution >= 0.6 is 23.2 Å². The second-order valence-corrected chi connectivity index (χ2v) is 4.76. The first kappa shape index (κ1) is 13.3. The maximum Gasteiger partial charge on any atom is 0.319 e. The molecular weight excluding hydrogens is 279 g/mol. The first-order valence-corrected chi connectivity index (χ1v) is 6.15. The summed E-state index contributed by atoms with van der Waals surface area (Å²) in [6, 6.07) is 2.51. The van der Waals surface area contributed by atoms with Crippen molar-refractivity contribution in [2.24, 2.45) is 0 Å². The molecule has 5 nitrogen and oxygen atoms in total. The number of anilines is 1. The summed E-state index contributed by atoms with van der Waals surface area (Å²) in [4.78, 5) is 11.6. The Bertz CT molecular complexity index is 439. The number of amides is 2. The van der Waals surface area contributed by atoms with Crippen LogP contribution in [-0.4, -0.2) is 30.4 Å². The fourth-order valence-corrected chi connectivity index (χ4v) is 2.13. The number of carbonyl (C=O) groups is 1. The van der Waals surface area contributed by atoms with Crippen LogP contribution in [0.15, 0.2) is 12.1 Å². The topological polar surface area (TPSA) is 70.6 Å². The maximum absolute atomic E-state index is 11.6. The number of aromatic hydroxyl groups is 1. The van der Waals surface area contributed by atoms with Crippen LogP contribution in [0, 0.1) is 0 Å². The van der Waals surface area contributed by atoms with E-state index in [1.807, 2.05) is 0 Å².